The van der Waals surface area contributed by atoms with E-state index in [4.69, 9.17) is 19.3 Å². The van der Waals surface area contributed by atoms with Gasteiger partial charge in [-0.05, 0) is 57.1 Å². The summed E-state index contributed by atoms with van der Waals surface area (Å²) in [4.78, 5) is 10.1. The smallest absolute Gasteiger partial charge is 0.399 e. The third-order valence-corrected chi connectivity index (χ3v) is 8.26. The number of aliphatic imine (C=N–C) groups is 2. The van der Waals surface area contributed by atoms with Crippen LogP contribution in [0.15, 0.2) is 113 Å². The van der Waals surface area contributed by atoms with Crippen LogP contribution in [0.5, 0.6) is 0 Å². The topological polar surface area (TPSA) is 59.8 Å². The van der Waals surface area contributed by atoms with E-state index < -0.39 is 0 Å². The van der Waals surface area contributed by atoms with Crippen molar-refractivity contribution in [1.29, 1.82) is 0 Å². The molecule has 2 N–H and O–H groups in total. The Balaban J connectivity index is 1.28. The summed E-state index contributed by atoms with van der Waals surface area (Å²) >= 11 is 0. The molecule has 3 aromatic carbocycles. The van der Waals surface area contributed by atoms with Crippen LogP contribution in [-0.2, 0) is 9.31 Å². The fraction of sp³-hybridized carbons (Fsp3) is 0.273. The number of benzene rings is 3. The molecule has 5 nitrogen and oxygen atoms in total. The summed E-state index contributed by atoms with van der Waals surface area (Å²) in [7, 11) is -0.377. The minimum atomic E-state index is -0.377. The van der Waals surface area contributed by atoms with E-state index in [9.17, 15) is 0 Å². The van der Waals surface area contributed by atoms with Crippen LogP contribution in [0.4, 0.5) is 0 Å². The predicted octanol–water partition coefficient (Wildman–Crippen LogP) is 5.21. The third-order valence-electron chi connectivity index (χ3n) is 8.26. The Bertz CT molecular complexity index is 1460. The summed E-state index contributed by atoms with van der Waals surface area (Å²) in [5.41, 5.74) is 6.33. The second kappa shape index (κ2) is 10.2. The van der Waals surface area contributed by atoms with Crippen molar-refractivity contribution in [1.82, 2.24) is 0 Å². The number of amidine groups is 2. The van der Waals surface area contributed by atoms with Crippen LogP contribution in [0.2, 0.25) is 0 Å². The maximum atomic E-state index is 6.26. The molecule has 6 heteroatoms. The largest absolute Gasteiger partial charge is 0.494 e. The lowest BCUT2D eigenvalue weighted by Gasteiger charge is -2.32. The van der Waals surface area contributed by atoms with E-state index in [0.29, 0.717) is 0 Å². The molecule has 0 bridgehead atoms. The average Bonchev–Trinajstić information content (AvgIpc) is 3.20. The van der Waals surface area contributed by atoms with Crippen LogP contribution in [-0.4, -0.2) is 30.0 Å². The molecule has 1 fully saturated rings. The number of nitrogens with two attached hydrogens (primary N) is 1. The zero-order valence-corrected chi connectivity index (χ0v) is 23.1. The molecule has 1 unspecified atom stereocenters. The first kappa shape index (κ1) is 25.7. The van der Waals surface area contributed by atoms with Gasteiger partial charge in [0.15, 0.2) is 5.84 Å². The third kappa shape index (κ3) is 5.20. The van der Waals surface area contributed by atoms with E-state index in [1.807, 2.05) is 18.2 Å². The Hall–Kier alpha value is -3.58. The molecule has 3 aliphatic rings. The van der Waals surface area contributed by atoms with E-state index >= 15 is 0 Å². The minimum Gasteiger partial charge on any atom is -0.399 e. The lowest BCUT2D eigenvalue weighted by atomic mass is 9.79. The Labute approximate surface area is 231 Å². The van der Waals surface area contributed by atoms with Crippen molar-refractivity contribution in [2.45, 2.75) is 57.9 Å². The Morgan fingerprint density at radius 3 is 1.87 bits per heavy atom. The van der Waals surface area contributed by atoms with Crippen molar-refractivity contribution in [2.75, 3.05) is 0 Å². The molecule has 1 aliphatic carbocycles. The van der Waals surface area contributed by atoms with Gasteiger partial charge in [-0.2, -0.15) is 4.99 Å². The summed E-state index contributed by atoms with van der Waals surface area (Å²) in [6.07, 6.45) is 6.29. The van der Waals surface area contributed by atoms with Gasteiger partial charge in [-0.15, -0.1) is 0 Å². The normalized spacial score (nSPS) is 22.1. The van der Waals surface area contributed by atoms with Gasteiger partial charge >= 0.3 is 7.12 Å². The first-order chi connectivity index (χ1) is 18.8. The molecule has 3 aromatic rings. The van der Waals surface area contributed by atoms with Crippen LogP contribution in [0, 0.1) is 0 Å². The molecular weight excluding hydrogens is 481 g/mol. The molecule has 2 aliphatic heterocycles. The zero-order valence-electron chi connectivity index (χ0n) is 23.1. The van der Waals surface area contributed by atoms with Crippen LogP contribution in [0.3, 0.4) is 0 Å². The predicted molar refractivity (Wildman–Crippen MR) is 159 cm³/mol. The lowest BCUT2D eigenvalue weighted by molar-refractivity contribution is -0.587. The Kier molecular flexibility index (Phi) is 6.71. The van der Waals surface area contributed by atoms with Crippen molar-refractivity contribution in [2.24, 2.45) is 9.98 Å². The van der Waals surface area contributed by atoms with Gasteiger partial charge in [-0.3, -0.25) is 5.32 Å². The van der Waals surface area contributed by atoms with Crippen molar-refractivity contribution in [3.63, 3.8) is 0 Å². The van der Waals surface area contributed by atoms with Crippen LogP contribution >= 0.6 is 0 Å². The summed E-state index contributed by atoms with van der Waals surface area (Å²) < 4.78 is 12.5. The minimum absolute atomic E-state index is 0.125. The highest BCUT2D eigenvalue weighted by Crippen LogP contribution is 2.36. The van der Waals surface area contributed by atoms with Gasteiger partial charge in [0.05, 0.1) is 11.2 Å². The molecule has 6 rings (SSSR count). The molecule has 1 atom stereocenters. The Morgan fingerprint density at radius 2 is 1.28 bits per heavy atom. The molecule has 0 spiro atoms. The fourth-order valence-corrected chi connectivity index (χ4v) is 5.15. The number of hydrogen-bond acceptors (Lipinski definition) is 4. The SMILES string of the molecule is CC1(C)OB(c2ccc(C3N=C(c4ccccc4)N=C(C4=CC=C(c5ccccc5)CC4)[NH2+]3)cc2)OC1(C)C. The summed E-state index contributed by atoms with van der Waals surface area (Å²) in [6.45, 7) is 8.32. The van der Waals surface area contributed by atoms with Crippen LogP contribution in [0.1, 0.15) is 63.4 Å². The van der Waals surface area contributed by atoms with E-state index in [2.05, 4.69) is 112 Å². The molecule has 2 heterocycles. The molecule has 196 valence electrons. The summed E-state index contributed by atoms with van der Waals surface area (Å²) in [5, 5.41) is 2.20. The van der Waals surface area contributed by atoms with Crippen molar-refractivity contribution in [3.8, 4) is 0 Å². The first-order valence-corrected chi connectivity index (χ1v) is 13.8. The highest BCUT2D eigenvalue weighted by Gasteiger charge is 2.51. The van der Waals surface area contributed by atoms with Crippen molar-refractivity contribution in [3.05, 3.63) is 119 Å². The second-order valence-corrected chi connectivity index (χ2v) is 11.4. The number of allylic oxidation sites excluding steroid dienone is 3. The zero-order chi connectivity index (χ0) is 27.0. The van der Waals surface area contributed by atoms with Crippen LogP contribution < -0.4 is 10.8 Å². The van der Waals surface area contributed by atoms with Gasteiger partial charge in [-0.1, -0.05) is 97.1 Å². The van der Waals surface area contributed by atoms with Gasteiger partial charge in [0, 0.05) is 16.7 Å². The van der Waals surface area contributed by atoms with E-state index in [-0.39, 0.29) is 24.5 Å². The average molecular weight is 516 g/mol. The Morgan fingerprint density at radius 1 is 0.718 bits per heavy atom. The number of nitrogens with zero attached hydrogens (tertiary/aromatic N) is 2. The summed E-state index contributed by atoms with van der Waals surface area (Å²) in [6, 6.07) is 29.3. The monoisotopic (exact) mass is 516 g/mol. The number of hydrogen-bond donors (Lipinski definition) is 1. The van der Waals surface area contributed by atoms with Gasteiger partial charge in [0.25, 0.3) is 0 Å². The van der Waals surface area contributed by atoms with Crippen LogP contribution in [0.25, 0.3) is 5.57 Å². The lowest BCUT2D eigenvalue weighted by Crippen LogP contribution is -2.90. The maximum Gasteiger partial charge on any atom is 0.494 e. The fourth-order valence-electron chi connectivity index (χ4n) is 5.15. The molecule has 0 amide bonds. The van der Waals surface area contributed by atoms with E-state index in [1.54, 1.807) is 0 Å². The van der Waals surface area contributed by atoms with Crippen molar-refractivity contribution < 1.29 is 14.6 Å². The molecular formula is C33H35BN3O2+. The molecule has 0 radical (unpaired) electrons. The van der Waals surface area contributed by atoms with Crippen molar-refractivity contribution >= 4 is 29.8 Å². The number of quaternary nitrogens is 1. The van der Waals surface area contributed by atoms with E-state index in [0.717, 1.165) is 41.1 Å². The molecule has 1 saturated heterocycles. The second-order valence-electron chi connectivity index (χ2n) is 11.4. The van der Waals surface area contributed by atoms with Gasteiger partial charge in [0.2, 0.25) is 12.0 Å². The highest BCUT2D eigenvalue weighted by molar-refractivity contribution is 6.62. The molecule has 39 heavy (non-hydrogen) atoms. The standard InChI is InChI=1S/C33H34BN3O2/c1-32(2)33(3,4)39-34(38-32)28-21-19-27(20-22-28)31-36-29(25-13-9-6-10-14-25)35-30(37-31)26-17-15-24(16-18-26)23-11-7-5-8-12-23/h5-15,17,19-22,31H,16,18H2,1-4H3,(H,35,36,37)/p+1. The molecule has 0 saturated carbocycles. The van der Waals surface area contributed by atoms with Gasteiger partial charge < -0.3 is 9.31 Å². The molecule has 0 aromatic heterocycles. The number of rotatable bonds is 5. The van der Waals surface area contributed by atoms with Gasteiger partial charge in [-0.25, -0.2) is 4.99 Å². The quantitative estimate of drug-likeness (QED) is 0.474. The summed E-state index contributed by atoms with van der Waals surface area (Å²) in [5.74, 6) is 1.78. The van der Waals surface area contributed by atoms with Gasteiger partial charge in [0.1, 0.15) is 0 Å². The first-order valence-electron chi connectivity index (χ1n) is 13.8. The van der Waals surface area contributed by atoms with E-state index in [1.165, 1.54) is 16.7 Å². The highest BCUT2D eigenvalue weighted by atomic mass is 16.7. The maximum absolute atomic E-state index is 6.26.